The van der Waals surface area contributed by atoms with Crippen molar-refractivity contribution in [2.24, 2.45) is 0 Å². The number of rotatable bonds is 2. The Hall–Kier alpha value is 1.06. The summed E-state index contributed by atoms with van der Waals surface area (Å²) in [4.78, 5) is 0. The summed E-state index contributed by atoms with van der Waals surface area (Å²) in [6.07, 6.45) is 0. The van der Waals surface area contributed by atoms with E-state index in [0.717, 1.165) is 0 Å². The molecule has 0 aromatic rings. The normalized spacial score (nSPS) is 5.60. The molecule has 0 saturated heterocycles. The van der Waals surface area contributed by atoms with E-state index in [2.05, 4.69) is 13.8 Å². The van der Waals surface area contributed by atoms with Crippen molar-refractivity contribution < 1.29 is 15.5 Å². The van der Waals surface area contributed by atoms with Crippen LogP contribution < -0.4 is 10.0 Å². The molecule has 0 aliphatic heterocycles. The fraction of sp³-hybridized carbons (Fsp3) is 1.00. The fourth-order valence-corrected chi connectivity index (χ4v) is 0.671. The monoisotopic (exact) mass is 175 g/mol. The van der Waals surface area contributed by atoms with Gasteiger partial charge in [0.05, 0.1) is 0 Å². The standard InChI is InChI=1S/C4H10S.BO2.Mg.H2O/c1-3-5-4-2;2-1-3;;/h3-4H2,1-2H3;;;1H2/q;-2;+2;. The van der Waals surface area contributed by atoms with Crippen LogP contribution in [0.2, 0.25) is 0 Å². The first-order valence-electron chi connectivity index (χ1n) is 2.52. The van der Waals surface area contributed by atoms with Crippen molar-refractivity contribution in [3.8, 4) is 0 Å². The first kappa shape index (κ1) is 22.5. The minimum Gasteiger partial charge on any atom is -0.900 e. The van der Waals surface area contributed by atoms with Crippen molar-refractivity contribution in [1.29, 1.82) is 0 Å². The van der Waals surface area contributed by atoms with E-state index in [0.29, 0.717) is 0 Å². The van der Waals surface area contributed by atoms with Crippen LogP contribution in [0, 0.1) is 0 Å². The van der Waals surface area contributed by atoms with Crippen LogP contribution in [0.5, 0.6) is 0 Å². The Morgan fingerprint density at radius 3 is 1.40 bits per heavy atom. The van der Waals surface area contributed by atoms with Gasteiger partial charge in [-0.1, -0.05) is 0 Å². The molecule has 0 aromatic heterocycles. The maximum Gasteiger partial charge on any atom is 2.00 e. The van der Waals surface area contributed by atoms with Gasteiger partial charge in [0.25, 0.3) is 0 Å². The minimum atomic E-state index is -0.500. The molecule has 0 unspecified atom stereocenters. The average molecular weight is 175 g/mol. The predicted octanol–water partition coefficient (Wildman–Crippen LogP) is -2.48. The zero-order chi connectivity index (χ0) is 6.83. The van der Waals surface area contributed by atoms with E-state index in [9.17, 15) is 0 Å². The van der Waals surface area contributed by atoms with E-state index in [4.69, 9.17) is 10.0 Å². The van der Waals surface area contributed by atoms with Gasteiger partial charge in [-0.3, -0.25) is 0 Å². The second kappa shape index (κ2) is 32.2. The van der Waals surface area contributed by atoms with Crippen LogP contribution in [0.25, 0.3) is 0 Å². The summed E-state index contributed by atoms with van der Waals surface area (Å²) >= 11 is 1.58. The van der Waals surface area contributed by atoms with Crippen LogP contribution in [0.4, 0.5) is 0 Å². The van der Waals surface area contributed by atoms with Crippen molar-refractivity contribution >= 4 is 42.5 Å². The summed E-state index contributed by atoms with van der Waals surface area (Å²) in [5, 5.41) is 16.5. The molecule has 0 aromatic carbocycles. The van der Waals surface area contributed by atoms with E-state index in [1.807, 2.05) is 0 Å². The first-order valence-corrected chi connectivity index (χ1v) is 3.78. The molecule has 0 amide bonds. The van der Waals surface area contributed by atoms with Crippen molar-refractivity contribution in [3.05, 3.63) is 0 Å². The fourth-order valence-electron chi connectivity index (χ4n) is 0.224. The molecule has 6 heteroatoms. The third kappa shape index (κ3) is 62.8. The second-order valence-corrected chi connectivity index (χ2v) is 2.66. The Morgan fingerprint density at radius 1 is 1.20 bits per heavy atom. The maximum atomic E-state index is 8.25. The van der Waals surface area contributed by atoms with Crippen molar-refractivity contribution in [3.63, 3.8) is 0 Å². The van der Waals surface area contributed by atoms with E-state index in [1.54, 1.807) is 11.8 Å². The van der Waals surface area contributed by atoms with Crippen LogP contribution in [-0.2, 0) is 11.8 Å². The van der Waals surface area contributed by atoms with Crippen molar-refractivity contribution in [1.82, 2.24) is 0 Å². The summed E-state index contributed by atoms with van der Waals surface area (Å²) in [6.45, 7) is 4.40. The molecule has 57 valence electrons. The van der Waals surface area contributed by atoms with Gasteiger partial charge in [-0.2, -0.15) is 0 Å². The predicted molar refractivity (Wildman–Crippen MR) is 43.3 cm³/mol. The van der Waals surface area contributed by atoms with E-state index >= 15 is 0 Å². The molecule has 10 heavy (non-hydrogen) atoms. The Kier molecular flexibility index (Phi) is 72.4. The molecule has 0 heterocycles. The zero-order valence-corrected chi connectivity index (χ0v) is 8.72. The molecule has 0 aliphatic rings. The Balaban J connectivity index is -0.0000000326. The molecule has 0 bridgehead atoms. The summed E-state index contributed by atoms with van der Waals surface area (Å²) in [7, 11) is -0.500. The number of hydrogen-bond acceptors (Lipinski definition) is 3. The van der Waals surface area contributed by atoms with Crippen LogP contribution >= 0.6 is 0 Å². The molecule has 0 atom stereocenters. The quantitative estimate of drug-likeness (QED) is 0.265. The topological polar surface area (TPSA) is 76.1 Å². The van der Waals surface area contributed by atoms with E-state index in [-0.39, 0.29) is 28.5 Å². The van der Waals surface area contributed by atoms with Crippen LogP contribution in [0.3, 0.4) is 0 Å². The molecule has 0 aliphatic carbocycles. The van der Waals surface area contributed by atoms with Crippen LogP contribution in [0.1, 0.15) is 13.8 Å². The van der Waals surface area contributed by atoms with Crippen molar-refractivity contribution in [2.75, 3.05) is 11.5 Å². The molecule has 0 spiro atoms. The van der Waals surface area contributed by atoms with Gasteiger partial charge in [0.2, 0.25) is 0 Å². The third-order valence-corrected chi connectivity index (χ3v) is 1.34. The zero-order valence-electron chi connectivity index (χ0n) is 6.41. The molecule has 0 fully saturated rings. The second-order valence-electron chi connectivity index (χ2n) is 0.952. The van der Waals surface area contributed by atoms with Crippen LogP contribution in [-0.4, -0.2) is 47.7 Å². The van der Waals surface area contributed by atoms with Crippen LogP contribution in [0.15, 0.2) is 0 Å². The minimum absolute atomic E-state index is 0. The van der Waals surface area contributed by atoms with Gasteiger partial charge in [-0.25, -0.2) is 7.69 Å². The first-order chi connectivity index (χ1) is 3.83. The molecule has 3 nitrogen and oxygen atoms in total. The van der Waals surface area contributed by atoms with Gasteiger partial charge in [0.15, 0.2) is 0 Å². The molecular formula is C4H12BMgO3S. The van der Waals surface area contributed by atoms with E-state index in [1.165, 1.54) is 11.5 Å². The summed E-state index contributed by atoms with van der Waals surface area (Å²) in [5.74, 6) is 2.63. The van der Waals surface area contributed by atoms with Crippen molar-refractivity contribution in [2.45, 2.75) is 13.8 Å². The van der Waals surface area contributed by atoms with Gasteiger partial charge < -0.3 is 15.5 Å². The Labute approximate surface area is 83.4 Å². The number of hydrogen-bond donors (Lipinski definition) is 0. The molecule has 0 rings (SSSR count). The van der Waals surface area contributed by atoms with Gasteiger partial charge in [0, 0.05) is 0 Å². The number of thiol groups is 1. The van der Waals surface area contributed by atoms with E-state index < -0.39 is 7.69 Å². The summed E-state index contributed by atoms with van der Waals surface area (Å²) in [6, 6.07) is 0. The summed E-state index contributed by atoms with van der Waals surface area (Å²) < 4.78 is 0. The maximum absolute atomic E-state index is 8.25. The smallest absolute Gasteiger partial charge is 0.900 e. The SMILES string of the molecule is CC[SH+]CC.[Mg+2].[O-][B][O-].[OH-]. The van der Waals surface area contributed by atoms with Gasteiger partial charge in [0.1, 0.15) is 11.5 Å². The van der Waals surface area contributed by atoms with Gasteiger partial charge >= 0.3 is 23.1 Å². The molecule has 1 N–H and O–H groups in total. The van der Waals surface area contributed by atoms with Gasteiger partial charge in [-0.15, -0.1) is 0 Å². The molecular weight excluding hydrogens is 163 g/mol. The largest absolute Gasteiger partial charge is 2.00 e. The third-order valence-electron chi connectivity index (χ3n) is 0.447. The summed E-state index contributed by atoms with van der Waals surface area (Å²) in [5.41, 5.74) is 0. The molecule has 0 saturated carbocycles. The average Bonchev–Trinajstić information content (AvgIpc) is 1.71. The van der Waals surface area contributed by atoms with Gasteiger partial charge in [-0.05, 0) is 25.6 Å². The Bertz CT molecular complexity index is 34.5. The Morgan fingerprint density at radius 2 is 1.40 bits per heavy atom. The molecule has 1 radical (unpaired) electrons.